The first-order valence-electron chi connectivity index (χ1n) is 5.96. The SMILES string of the molecule is CCC1(CC)C(N)CC1c1ccc(C)s1. The normalized spacial score (nSPS) is 28.8. The van der Waals surface area contributed by atoms with E-state index in [-0.39, 0.29) is 0 Å². The molecule has 1 aromatic heterocycles. The summed E-state index contributed by atoms with van der Waals surface area (Å²) in [7, 11) is 0. The van der Waals surface area contributed by atoms with E-state index in [9.17, 15) is 0 Å². The molecule has 0 saturated heterocycles. The first kappa shape index (κ1) is 11.2. The summed E-state index contributed by atoms with van der Waals surface area (Å²) >= 11 is 1.95. The molecule has 1 heterocycles. The Bertz CT molecular complexity index is 338. The van der Waals surface area contributed by atoms with E-state index >= 15 is 0 Å². The first-order valence-corrected chi connectivity index (χ1v) is 6.77. The minimum absolute atomic E-state index is 0.386. The predicted molar refractivity (Wildman–Crippen MR) is 67.4 cm³/mol. The fraction of sp³-hybridized carbons (Fsp3) is 0.692. The van der Waals surface area contributed by atoms with Gasteiger partial charge in [-0.05, 0) is 43.7 Å². The van der Waals surface area contributed by atoms with Gasteiger partial charge in [0, 0.05) is 21.7 Å². The molecule has 2 heteroatoms. The Labute approximate surface area is 96.7 Å². The molecular weight excluding hydrogens is 202 g/mol. The van der Waals surface area contributed by atoms with Gasteiger partial charge in [0.2, 0.25) is 0 Å². The van der Waals surface area contributed by atoms with Crippen molar-refractivity contribution in [1.82, 2.24) is 0 Å². The Morgan fingerprint density at radius 2 is 2.07 bits per heavy atom. The molecule has 1 aromatic rings. The highest BCUT2D eigenvalue weighted by Crippen LogP contribution is 2.57. The van der Waals surface area contributed by atoms with Crippen LogP contribution < -0.4 is 5.73 Å². The van der Waals surface area contributed by atoms with E-state index in [1.165, 1.54) is 24.1 Å². The fourth-order valence-electron chi connectivity index (χ4n) is 3.13. The van der Waals surface area contributed by atoms with Crippen molar-refractivity contribution in [3.05, 3.63) is 21.9 Å². The molecule has 2 atom stereocenters. The molecule has 1 aliphatic carbocycles. The summed E-state index contributed by atoms with van der Waals surface area (Å²) in [5, 5.41) is 0. The highest BCUT2D eigenvalue weighted by molar-refractivity contribution is 7.12. The largest absolute Gasteiger partial charge is 0.327 e. The number of hydrogen-bond acceptors (Lipinski definition) is 2. The summed E-state index contributed by atoms with van der Waals surface area (Å²) in [5.41, 5.74) is 6.60. The third-order valence-electron chi connectivity index (χ3n) is 4.34. The molecule has 2 unspecified atom stereocenters. The van der Waals surface area contributed by atoms with Crippen LogP contribution in [0.5, 0.6) is 0 Å². The van der Waals surface area contributed by atoms with Crippen molar-refractivity contribution in [2.45, 2.75) is 52.0 Å². The van der Waals surface area contributed by atoms with Gasteiger partial charge in [-0.25, -0.2) is 0 Å². The Balaban J connectivity index is 2.25. The maximum atomic E-state index is 6.22. The van der Waals surface area contributed by atoms with Gasteiger partial charge in [-0.1, -0.05) is 13.8 Å². The van der Waals surface area contributed by atoms with Gasteiger partial charge in [0.1, 0.15) is 0 Å². The zero-order valence-corrected chi connectivity index (χ0v) is 10.7. The molecular formula is C13H21NS. The standard InChI is InChI=1S/C13H21NS/c1-4-13(5-2)10(8-12(13)14)11-7-6-9(3)15-11/h6-7,10,12H,4-5,8,14H2,1-3H3. The summed E-state index contributed by atoms with van der Waals surface area (Å²) in [4.78, 5) is 2.98. The van der Waals surface area contributed by atoms with Gasteiger partial charge in [0.15, 0.2) is 0 Å². The Morgan fingerprint density at radius 3 is 2.47 bits per heavy atom. The zero-order valence-electron chi connectivity index (χ0n) is 9.92. The monoisotopic (exact) mass is 223 g/mol. The lowest BCUT2D eigenvalue weighted by Crippen LogP contribution is -2.55. The molecule has 15 heavy (non-hydrogen) atoms. The number of thiophene rings is 1. The molecule has 0 spiro atoms. The van der Waals surface area contributed by atoms with Gasteiger partial charge < -0.3 is 5.73 Å². The molecule has 0 bridgehead atoms. The number of aryl methyl sites for hydroxylation is 1. The summed E-state index contributed by atoms with van der Waals surface area (Å²) in [6.07, 6.45) is 3.61. The van der Waals surface area contributed by atoms with Crippen LogP contribution in [0.25, 0.3) is 0 Å². The second kappa shape index (κ2) is 3.91. The summed E-state index contributed by atoms with van der Waals surface area (Å²) in [6, 6.07) is 4.95. The lowest BCUT2D eigenvalue weighted by molar-refractivity contribution is 0.0458. The Morgan fingerprint density at radius 1 is 1.40 bits per heavy atom. The van der Waals surface area contributed by atoms with Gasteiger partial charge >= 0.3 is 0 Å². The zero-order chi connectivity index (χ0) is 11.1. The van der Waals surface area contributed by atoms with E-state index < -0.39 is 0 Å². The van der Waals surface area contributed by atoms with E-state index in [0.29, 0.717) is 11.5 Å². The third kappa shape index (κ3) is 1.55. The molecule has 0 aromatic carbocycles. The van der Waals surface area contributed by atoms with Gasteiger partial charge in [0.05, 0.1) is 0 Å². The van der Waals surface area contributed by atoms with Crippen molar-refractivity contribution in [1.29, 1.82) is 0 Å². The Hall–Kier alpha value is -0.340. The fourth-order valence-corrected chi connectivity index (χ4v) is 4.25. The summed E-state index contributed by atoms with van der Waals surface area (Å²) < 4.78 is 0. The van der Waals surface area contributed by atoms with Crippen LogP contribution in [0.15, 0.2) is 12.1 Å². The molecule has 1 aliphatic rings. The van der Waals surface area contributed by atoms with Crippen LogP contribution in [0.2, 0.25) is 0 Å². The molecule has 0 amide bonds. The lowest BCUT2D eigenvalue weighted by atomic mass is 9.53. The van der Waals surface area contributed by atoms with Crippen LogP contribution in [0, 0.1) is 12.3 Å². The quantitative estimate of drug-likeness (QED) is 0.831. The number of nitrogens with two attached hydrogens (primary N) is 1. The Kier molecular flexibility index (Phi) is 2.91. The van der Waals surface area contributed by atoms with E-state index in [2.05, 4.69) is 32.9 Å². The average Bonchev–Trinajstić information content (AvgIpc) is 2.63. The number of rotatable bonds is 3. The second-order valence-corrected chi connectivity index (χ2v) is 6.10. The maximum absolute atomic E-state index is 6.22. The first-order chi connectivity index (χ1) is 7.14. The highest BCUT2D eigenvalue weighted by Gasteiger charge is 2.51. The van der Waals surface area contributed by atoms with Crippen LogP contribution in [0.1, 0.15) is 48.8 Å². The van der Waals surface area contributed by atoms with E-state index in [0.717, 1.165) is 5.92 Å². The molecule has 84 valence electrons. The molecule has 2 N–H and O–H groups in total. The van der Waals surface area contributed by atoms with Crippen LogP contribution in [-0.2, 0) is 0 Å². The van der Waals surface area contributed by atoms with Crippen molar-refractivity contribution in [3.8, 4) is 0 Å². The molecule has 2 rings (SSSR count). The number of hydrogen-bond donors (Lipinski definition) is 1. The minimum Gasteiger partial charge on any atom is -0.327 e. The summed E-state index contributed by atoms with van der Waals surface area (Å²) in [6.45, 7) is 6.76. The molecule has 1 fully saturated rings. The second-order valence-electron chi connectivity index (χ2n) is 4.78. The van der Waals surface area contributed by atoms with Gasteiger partial charge in [-0.2, -0.15) is 0 Å². The van der Waals surface area contributed by atoms with E-state index in [1.54, 1.807) is 4.88 Å². The molecule has 0 aliphatic heterocycles. The van der Waals surface area contributed by atoms with Crippen molar-refractivity contribution < 1.29 is 0 Å². The maximum Gasteiger partial charge on any atom is 0.0108 e. The van der Waals surface area contributed by atoms with Gasteiger partial charge in [0.25, 0.3) is 0 Å². The lowest BCUT2D eigenvalue weighted by Gasteiger charge is -2.54. The van der Waals surface area contributed by atoms with Crippen molar-refractivity contribution >= 4 is 11.3 Å². The van der Waals surface area contributed by atoms with Gasteiger partial charge in [-0.3, -0.25) is 0 Å². The predicted octanol–water partition coefficient (Wildman–Crippen LogP) is 3.68. The van der Waals surface area contributed by atoms with Gasteiger partial charge in [-0.15, -0.1) is 11.3 Å². The molecule has 0 radical (unpaired) electrons. The van der Waals surface area contributed by atoms with E-state index in [1.807, 2.05) is 11.3 Å². The average molecular weight is 223 g/mol. The van der Waals surface area contributed by atoms with E-state index in [4.69, 9.17) is 5.73 Å². The topological polar surface area (TPSA) is 26.0 Å². The third-order valence-corrected chi connectivity index (χ3v) is 5.46. The smallest absolute Gasteiger partial charge is 0.0108 e. The summed E-state index contributed by atoms with van der Waals surface area (Å²) in [5.74, 6) is 0.723. The van der Waals surface area contributed by atoms with Crippen LogP contribution >= 0.6 is 11.3 Å². The van der Waals surface area contributed by atoms with Crippen molar-refractivity contribution in [2.75, 3.05) is 0 Å². The van der Waals surface area contributed by atoms with Crippen molar-refractivity contribution in [3.63, 3.8) is 0 Å². The molecule has 1 saturated carbocycles. The molecule has 1 nitrogen and oxygen atoms in total. The van der Waals surface area contributed by atoms with Crippen LogP contribution in [-0.4, -0.2) is 6.04 Å². The highest BCUT2D eigenvalue weighted by atomic mass is 32.1. The van der Waals surface area contributed by atoms with Crippen LogP contribution in [0.4, 0.5) is 0 Å². The van der Waals surface area contributed by atoms with Crippen LogP contribution in [0.3, 0.4) is 0 Å². The van der Waals surface area contributed by atoms with Crippen molar-refractivity contribution in [2.24, 2.45) is 11.1 Å². The minimum atomic E-state index is 0.386.